The highest BCUT2D eigenvalue weighted by Gasteiger charge is 2.50. The first-order chi connectivity index (χ1) is 8.63. The van der Waals surface area contributed by atoms with E-state index >= 15 is 0 Å². The molecule has 0 aromatic heterocycles. The van der Waals surface area contributed by atoms with Crippen molar-refractivity contribution in [1.82, 2.24) is 10.6 Å². The summed E-state index contributed by atoms with van der Waals surface area (Å²) in [6.07, 6.45) is 4.55. The van der Waals surface area contributed by atoms with Crippen LogP contribution >= 0.6 is 0 Å². The molecule has 0 aliphatic heterocycles. The van der Waals surface area contributed by atoms with Crippen LogP contribution in [0.1, 0.15) is 32.1 Å². The number of nitrogens with one attached hydrogen (secondary N) is 2. The number of hydrogen-bond donors (Lipinski definition) is 3. The van der Waals surface area contributed by atoms with E-state index in [0.29, 0.717) is 18.3 Å². The molecule has 18 heavy (non-hydrogen) atoms. The third kappa shape index (κ3) is 2.66. The fraction of sp³-hybridized carbons (Fsp3) is 0.846. The molecule has 0 heterocycles. The molecular formula is C13H22N2O3. The van der Waals surface area contributed by atoms with Crippen molar-refractivity contribution in [2.75, 3.05) is 13.6 Å². The van der Waals surface area contributed by atoms with Crippen molar-refractivity contribution >= 4 is 11.9 Å². The zero-order valence-corrected chi connectivity index (χ0v) is 10.8. The number of carbonyl (C=O) groups excluding carboxylic acids is 1. The molecule has 0 radical (unpaired) electrons. The predicted molar refractivity (Wildman–Crippen MR) is 67.0 cm³/mol. The zero-order valence-electron chi connectivity index (χ0n) is 10.8. The normalized spacial score (nSPS) is 33.6. The Bertz CT molecular complexity index is 332. The molecular weight excluding hydrogens is 232 g/mol. The van der Waals surface area contributed by atoms with Crippen LogP contribution in [0.5, 0.6) is 0 Å². The van der Waals surface area contributed by atoms with Crippen LogP contribution in [0.3, 0.4) is 0 Å². The molecule has 2 fully saturated rings. The van der Waals surface area contributed by atoms with E-state index in [2.05, 4.69) is 10.6 Å². The molecule has 0 aromatic rings. The van der Waals surface area contributed by atoms with Crippen LogP contribution in [-0.4, -0.2) is 36.6 Å². The molecule has 4 unspecified atom stereocenters. The van der Waals surface area contributed by atoms with E-state index in [1.807, 2.05) is 0 Å². The first kappa shape index (κ1) is 13.3. The van der Waals surface area contributed by atoms with E-state index < -0.39 is 5.97 Å². The summed E-state index contributed by atoms with van der Waals surface area (Å²) < 4.78 is 0. The number of carboxylic acid groups (broad SMARTS) is 1. The highest BCUT2D eigenvalue weighted by Crippen LogP contribution is 2.48. The summed E-state index contributed by atoms with van der Waals surface area (Å²) in [4.78, 5) is 22.4. The van der Waals surface area contributed by atoms with Gasteiger partial charge in [0.1, 0.15) is 0 Å². The van der Waals surface area contributed by atoms with Crippen molar-refractivity contribution in [1.29, 1.82) is 0 Å². The summed E-state index contributed by atoms with van der Waals surface area (Å²) in [7, 11) is 1.63. The number of fused-ring (bicyclic) bond motifs is 2. The fourth-order valence-electron chi connectivity index (χ4n) is 3.58. The third-order valence-corrected chi connectivity index (χ3v) is 4.44. The standard InChI is InChI=1S/C13H22N2O3/c1-14-10(16)3-2-6-15-12-9-5-4-8(7-9)11(12)13(17)18/h8-9,11-12,15H,2-7H2,1H3,(H,14,16)(H,17,18). The van der Waals surface area contributed by atoms with E-state index in [-0.39, 0.29) is 17.9 Å². The second-order valence-corrected chi connectivity index (χ2v) is 5.45. The first-order valence-electron chi connectivity index (χ1n) is 6.80. The molecule has 3 N–H and O–H groups in total. The Morgan fingerprint density at radius 3 is 2.67 bits per heavy atom. The van der Waals surface area contributed by atoms with E-state index in [4.69, 9.17) is 0 Å². The molecule has 4 atom stereocenters. The highest BCUT2D eigenvalue weighted by molar-refractivity contribution is 5.75. The van der Waals surface area contributed by atoms with Gasteiger partial charge >= 0.3 is 5.97 Å². The van der Waals surface area contributed by atoms with Gasteiger partial charge in [0.15, 0.2) is 0 Å². The topological polar surface area (TPSA) is 78.4 Å². The minimum atomic E-state index is -0.661. The average molecular weight is 254 g/mol. The Morgan fingerprint density at radius 1 is 1.28 bits per heavy atom. The van der Waals surface area contributed by atoms with Gasteiger partial charge < -0.3 is 15.7 Å². The lowest BCUT2D eigenvalue weighted by Crippen LogP contribution is -2.44. The molecule has 5 heteroatoms. The molecule has 2 bridgehead atoms. The Hall–Kier alpha value is -1.10. The Labute approximate surface area is 107 Å². The lowest BCUT2D eigenvalue weighted by atomic mass is 9.84. The summed E-state index contributed by atoms with van der Waals surface area (Å²) in [5, 5.41) is 15.2. The lowest BCUT2D eigenvalue weighted by molar-refractivity contribution is -0.144. The minimum Gasteiger partial charge on any atom is -0.481 e. The van der Waals surface area contributed by atoms with E-state index in [1.165, 1.54) is 0 Å². The van der Waals surface area contributed by atoms with E-state index in [0.717, 1.165) is 32.2 Å². The van der Waals surface area contributed by atoms with Crippen molar-refractivity contribution < 1.29 is 14.7 Å². The SMILES string of the molecule is CNC(=O)CCCNC1C2CCC(C2)C1C(=O)O. The van der Waals surface area contributed by atoms with Crippen molar-refractivity contribution in [3.05, 3.63) is 0 Å². The number of rotatable bonds is 6. The summed E-state index contributed by atoms with van der Waals surface area (Å²) in [5.41, 5.74) is 0. The van der Waals surface area contributed by atoms with Crippen LogP contribution < -0.4 is 10.6 Å². The molecule has 0 aromatic carbocycles. The van der Waals surface area contributed by atoms with Gasteiger partial charge in [-0.25, -0.2) is 0 Å². The Morgan fingerprint density at radius 2 is 2.00 bits per heavy atom. The molecule has 2 aliphatic rings. The average Bonchev–Trinajstić information content (AvgIpc) is 2.94. The first-order valence-corrected chi connectivity index (χ1v) is 6.80. The maximum absolute atomic E-state index is 11.3. The van der Waals surface area contributed by atoms with Crippen LogP contribution in [0.4, 0.5) is 0 Å². The van der Waals surface area contributed by atoms with Crippen molar-refractivity contribution in [2.45, 2.75) is 38.1 Å². The zero-order chi connectivity index (χ0) is 13.1. The smallest absolute Gasteiger partial charge is 0.308 e. The molecule has 102 valence electrons. The maximum atomic E-state index is 11.3. The molecule has 2 rings (SSSR count). The molecule has 5 nitrogen and oxygen atoms in total. The number of hydrogen-bond acceptors (Lipinski definition) is 3. The highest BCUT2D eigenvalue weighted by atomic mass is 16.4. The predicted octanol–water partition coefficient (Wildman–Crippen LogP) is 0.601. The third-order valence-electron chi connectivity index (χ3n) is 4.44. The van der Waals surface area contributed by atoms with Crippen LogP contribution in [0.25, 0.3) is 0 Å². The number of aliphatic carboxylic acids is 1. The van der Waals surface area contributed by atoms with Gasteiger partial charge in [0.25, 0.3) is 0 Å². The van der Waals surface area contributed by atoms with Gasteiger partial charge in [0, 0.05) is 19.5 Å². The summed E-state index contributed by atoms with van der Waals surface area (Å²) in [5.74, 6) is 0.0503. The van der Waals surface area contributed by atoms with E-state index in [1.54, 1.807) is 7.05 Å². The number of carboxylic acids is 1. The molecule has 0 spiro atoms. The molecule has 2 saturated carbocycles. The van der Waals surface area contributed by atoms with E-state index in [9.17, 15) is 14.7 Å². The Kier molecular flexibility index (Phi) is 4.22. The number of amides is 1. The molecule has 0 saturated heterocycles. The van der Waals surface area contributed by atoms with Gasteiger partial charge in [0.05, 0.1) is 5.92 Å². The summed E-state index contributed by atoms with van der Waals surface area (Å²) in [6, 6.07) is 0.117. The fourth-order valence-corrected chi connectivity index (χ4v) is 3.58. The van der Waals surface area contributed by atoms with Gasteiger partial charge in [-0.1, -0.05) is 0 Å². The van der Waals surface area contributed by atoms with Gasteiger partial charge in [-0.15, -0.1) is 0 Å². The summed E-state index contributed by atoms with van der Waals surface area (Å²) in [6.45, 7) is 0.727. The van der Waals surface area contributed by atoms with Gasteiger partial charge in [-0.3, -0.25) is 9.59 Å². The van der Waals surface area contributed by atoms with Crippen LogP contribution in [0.2, 0.25) is 0 Å². The second kappa shape index (κ2) is 5.69. The minimum absolute atomic E-state index is 0.0412. The number of carbonyl (C=O) groups is 2. The largest absolute Gasteiger partial charge is 0.481 e. The summed E-state index contributed by atoms with van der Waals surface area (Å²) >= 11 is 0. The van der Waals surface area contributed by atoms with Crippen LogP contribution in [0, 0.1) is 17.8 Å². The van der Waals surface area contributed by atoms with Crippen molar-refractivity contribution in [2.24, 2.45) is 17.8 Å². The van der Waals surface area contributed by atoms with Crippen LogP contribution in [-0.2, 0) is 9.59 Å². The van der Waals surface area contributed by atoms with Crippen molar-refractivity contribution in [3.8, 4) is 0 Å². The van der Waals surface area contributed by atoms with Gasteiger partial charge in [-0.2, -0.15) is 0 Å². The van der Waals surface area contributed by atoms with Gasteiger partial charge in [-0.05, 0) is 44.1 Å². The van der Waals surface area contributed by atoms with Crippen LogP contribution in [0.15, 0.2) is 0 Å². The van der Waals surface area contributed by atoms with Crippen molar-refractivity contribution in [3.63, 3.8) is 0 Å². The second-order valence-electron chi connectivity index (χ2n) is 5.45. The monoisotopic (exact) mass is 254 g/mol. The molecule has 1 amide bonds. The Balaban J connectivity index is 1.78. The lowest BCUT2D eigenvalue weighted by Gasteiger charge is -2.29. The maximum Gasteiger partial charge on any atom is 0.308 e. The quantitative estimate of drug-likeness (QED) is 0.607. The van der Waals surface area contributed by atoms with Gasteiger partial charge in [0.2, 0.25) is 5.91 Å². The molecule has 2 aliphatic carbocycles.